The average molecular weight is 247 g/mol. The van der Waals surface area contributed by atoms with Gasteiger partial charge in [-0.2, -0.15) is 5.26 Å². The highest BCUT2D eigenvalue weighted by atomic mass is 32.2. The van der Waals surface area contributed by atoms with Crippen molar-refractivity contribution in [2.45, 2.75) is 30.1 Å². The monoisotopic (exact) mass is 247 g/mol. The fourth-order valence-corrected chi connectivity index (χ4v) is 4.18. The second-order valence-electron chi connectivity index (χ2n) is 4.87. The van der Waals surface area contributed by atoms with Crippen LogP contribution in [0.15, 0.2) is 23.1 Å². The molecule has 1 fully saturated rings. The number of rotatable bonds is 1. The first-order valence-electron chi connectivity index (χ1n) is 5.87. The third kappa shape index (κ3) is 1.75. The zero-order chi connectivity index (χ0) is 12.0. The van der Waals surface area contributed by atoms with Crippen LogP contribution in [0.5, 0.6) is 0 Å². The Morgan fingerprint density at radius 1 is 1.35 bits per heavy atom. The van der Waals surface area contributed by atoms with Gasteiger partial charge in [0.05, 0.1) is 22.6 Å². The van der Waals surface area contributed by atoms with E-state index in [4.69, 9.17) is 5.26 Å². The highest BCUT2D eigenvalue weighted by Gasteiger charge is 2.39. The van der Waals surface area contributed by atoms with E-state index >= 15 is 0 Å². The maximum Gasteiger partial charge on any atom is 0.178 e. The molecule has 0 bridgehead atoms. The van der Waals surface area contributed by atoms with Crippen LogP contribution in [-0.4, -0.2) is 14.2 Å². The Bertz CT molecular complexity index is 613. The highest BCUT2D eigenvalue weighted by molar-refractivity contribution is 7.91. The Labute approximate surface area is 101 Å². The van der Waals surface area contributed by atoms with Crippen molar-refractivity contribution in [1.29, 1.82) is 5.26 Å². The van der Waals surface area contributed by atoms with Gasteiger partial charge in [-0.1, -0.05) is 12.1 Å². The third-order valence-electron chi connectivity index (χ3n) is 3.66. The molecule has 17 heavy (non-hydrogen) atoms. The number of aryl methyl sites for hydroxylation is 1. The fourth-order valence-electron chi connectivity index (χ4n) is 2.60. The van der Waals surface area contributed by atoms with E-state index in [1.165, 1.54) is 0 Å². The van der Waals surface area contributed by atoms with Gasteiger partial charge in [0.2, 0.25) is 0 Å². The normalized spacial score (nSPS) is 29.1. The molecule has 2 aliphatic rings. The molecule has 1 saturated carbocycles. The first-order chi connectivity index (χ1) is 8.12. The molecule has 0 radical (unpaired) electrons. The lowest BCUT2D eigenvalue weighted by molar-refractivity contribution is 0.586. The predicted octanol–water partition coefficient (Wildman–Crippen LogP) is 2.03. The number of nitriles is 1. The summed E-state index contributed by atoms with van der Waals surface area (Å²) >= 11 is 0. The molecule has 1 aromatic rings. The van der Waals surface area contributed by atoms with E-state index in [0.717, 1.165) is 24.0 Å². The maximum absolute atomic E-state index is 11.8. The minimum atomic E-state index is -3.05. The van der Waals surface area contributed by atoms with Crippen molar-refractivity contribution in [1.82, 2.24) is 0 Å². The molecule has 1 heterocycles. The van der Waals surface area contributed by atoms with Crippen LogP contribution in [0, 0.1) is 17.2 Å². The van der Waals surface area contributed by atoms with Gasteiger partial charge in [0.1, 0.15) is 0 Å². The smallest absolute Gasteiger partial charge is 0.178 e. The summed E-state index contributed by atoms with van der Waals surface area (Å²) in [5, 5.41) is 8.81. The molecule has 1 aliphatic carbocycles. The number of nitrogens with zero attached hydrogens (tertiary/aromatic N) is 1. The molecule has 88 valence electrons. The predicted molar refractivity (Wildman–Crippen MR) is 63.3 cm³/mol. The Hall–Kier alpha value is -1.34. The van der Waals surface area contributed by atoms with Gasteiger partial charge in [-0.3, -0.25) is 0 Å². The summed E-state index contributed by atoms with van der Waals surface area (Å²) in [6, 6.07) is 7.87. The quantitative estimate of drug-likeness (QED) is 0.763. The molecule has 0 aromatic heterocycles. The zero-order valence-corrected chi connectivity index (χ0v) is 10.2. The molecule has 2 atom stereocenters. The SMILES string of the molecule is N#CC1CC1c1ccc2c(c1)CCCS2(=O)=O. The number of benzene rings is 1. The van der Waals surface area contributed by atoms with Crippen LogP contribution in [0.2, 0.25) is 0 Å². The summed E-state index contributed by atoms with van der Waals surface area (Å²) < 4.78 is 23.7. The number of hydrogen-bond acceptors (Lipinski definition) is 3. The summed E-state index contributed by atoms with van der Waals surface area (Å²) in [7, 11) is -3.05. The second kappa shape index (κ2) is 3.58. The van der Waals surface area contributed by atoms with E-state index < -0.39 is 9.84 Å². The van der Waals surface area contributed by atoms with Crippen LogP contribution >= 0.6 is 0 Å². The van der Waals surface area contributed by atoms with Crippen molar-refractivity contribution < 1.29 is 8.42 Å². The van der Waals surface area contributed by atoms with Gasteiger partial charge >= 0.3 is 0 Å². The Morgan fingerprint density at radius 3 is 2.88 bits per heavy atom. The van der Waals surface area contributed by atoms with E-state index in [0.29, 0.717) is 17.2 Å². The average Bonchev–Trinajstić information content (AvgIpc) is 3.07. The van der Waals surface area contributed by atoms with Crippen molar-refractivity contribution in [2.24, 2.45) is 5.92 Å². The van der Waals surface area contributed by atoms with Gasteiger partial charge in [0.15, 0.2) is 9.84 Å². The molecule has 0 N–H and O–H groups in total. The maximum atomic E-state index is 11.8. The van der Waals surface area contributed by atoms with Crippen molar-refractivity contribution in [2.75, 3.05) is 5.75 Å². The summed E-state index contributed by atoms with van der Waals surface area (Å²) in [5.74, 6) is 0.729. The van der Waals surface area contributed by atoms with Gasteiger partial charge in [0.25, 0.3) is 0 Å². The van der Waals surface area contributed by atoms with E-state index in [-0.39, 0.29) is 11.7 Å². The van der Waals surface area contributed by atoms with Crippen molar-refractivity contribution in [3.05, 3.63) is 29.3 Å². The molecular formula is C13H13NO2S. The fraction of sp³-hybridized carbons (Fsp3) is 0.462. The minimum Gasteiger partial charge on any atom is -0.224 e. The molecule has 1 aliphatic heterocycles. The summed E-state index contributed by atoms with van der Waals surface area (Å²) in [4.78, 5) is 0.502. The molecule has 0 spiro atoms. The number of hydrogen-bond donors (Lipinski definition) is 0. The van der Waals surface area contributed by atoms with Gasteiger partial charge in [0, 0.05) is 5.92 Å². The number of sulfone groups is 1. The Kier molecular flexibility index (Phi) is 2.27. The van der Waals surface area contributed by atoms with Crippen LogP contribution in [0.1, 0.15) is 29.9 Å². The van der Waals surface area contributed by atoms with Crippen LogP contribution < -0.4 is 0 Å². The zero-order valence-electron chi connectivity index (χ0n) is 9.39. The van der Waals surface area contributed by atoms with Crippen molar-refractivity contribution in [3.63, 3.8) is 0 Å². The van der Waals surface area contributed by atoms with E-state index in [1.54, 1.807) is 6.07 Å². The molecule has 4 heteroatoms. The van der Waals surface area contributed by atoms with E-state index in [2.05, 4.69) is 6.07 Å². The molecule has 3 rings (SSSR count). The van der Waals surface area contributed by atoms with Crippen molar-refractivity contribution >= 4 is 9.84 Å². The van der Waals surface area contributed by atoms with Gasteiger partial charge < -0.3 is 0 Å². The second-order valence-corrected chi connectivity index (χ2v) is 6.94. The lowest BCUT2D eigenvalue weighted by Gasteiger charge is -2.17. The van der Waals surface area contributed by atoms with Crippen LogP contribution in [0.4, 0.5) is 0 Å². The summed E-state index contributed by atoms with van der Waals surface area (Å²) in [6.07, 6.45) is 2.47. The number of fused-ring (bicyclic) bond motifs is 1. The third-order valence-corrected chi connectivity index (χ3v) is 5.56. The van der Waals surface area contributed by atoms with Crippen LogP contribution in [-0.2, 0) is 16.3 Å². The van der Waals surface area contributed by atoms with E-state index in [1.807, 2.05) is 12.1 Å². The molecule has 1 aromatic carbocycles. The lowest BCUT2D eigenvalue weighted by Crippen LogP contribution is -2.16. The van der Waals surface area contributed by atoms with Crippen molar-refractivity contribution in [3.8, 4) is 6.07 Å². The van der Waals surface area contributed by atoms with Gasteiger partial charge in [-0.25, -0.2) is 8.42 Å². The van der Waals surface area contributed by atoms with Gasteiger partial charge in [-0.05, 0) is 36.5 Å². The topological polar surface area (TPSA) is 57.9 Å². The molecule has 0 amide bonds. The van der Waals surface area contributed by atoms with E-state index in [9.17, 15) is 8.42 Å². The Morgan fingerprint density at radius 2 is 2.18 bits per heavy atom. The molecule has 0 saturated heterocycles. The molecule has 3 nitrogen and oxygen atoms in total. The summed E-state index contributed by atoms with van der Waals surface area (Å²) in [6.45, 7) is 0. The van der Waals surface area contributed by atoms with Gasteiger partial charge in [-0.15, -0.1) is 0 Å². The first kappa shape index (κ1) is 10.8. The molecule has 2 unspecified atom stereocenters. The Balaban J connectivity index is 2.01. The van der Waals surface area contributed by atoms with Crippen LogP contribution in [0.3, 0.4) is 0 Å². The lowest BCUT2D eigenvalue weighted by atomic mass is 10.0. The van der Waals surface area contributed by atoms with Crippen LogP contribution in [0.25, 0.3) is 0 Å². The first-order valence-corrected chi connectivity index (χ1v) is 7.52. The highest BCUT2D eigenvalue weighted by Crippen LogP contribution is 2.47. The minimum absolute atomic E-state index is 0.133. The standard InChI is InChI=1S/C13H13NO2S/c14-8-11-7-12(11)9-3-4-13-10(6-9)2-1-5-17(13,15)16/h3-4,6,11-12H,1-2,5,7H2. The summed E-state index contributed by atoms with van der Waals surface area (Å²) in [5.41, 5.74) is 2.07. The largest absolute Gasteiger partial charge is 0.224 e. The molecular weight excluding hydrogens is 234 g/mol.